The van der Waals surface area contributed by atoms with Crippen LogP contribution in [-0.2, 0) is 11.2 Å². The number of carbonyl (C=O) groups excluding carboxylic acids is 2. The lowest BCUT2D eigenvalue weighted by Gasteiger charge is -2.08. The Morgan fingerprint density at radius 2 is 1.37 bits per heavy atom. The standard InChI is InChI=1S/C29H21ClN2O3/c30-22-14-16-23(17-15-22)31-29(34)28-27(24-8-4-5-9-25(24)35-28)32-26(33)18-19-10-12-21(13-11-19)20-6-2-1-3-7-20/h1-17H,18H2,(H,31,34)(H,32,33). The molecule has 1 heterocycles. The molecule has 2 N–H and O–H groups in total. The Morgan fingerprint density at radius 3 is 2.11 bits per heavy atom. The van der Waals surface area contributed by atoms with Crippen molar-refractivity contribution in [3.8, 4) is 11.1 Å². The van der Waals surface area contributed by atoms with Crippen LogP contribution in [0.1, 0.15) is 16.1 Å². The molecular formula is C29H21ClN2O3. The van der Waals surface area contributed by atoms with Gasteiger partial charge in [-0.25, -0.2) is 0 Å². The van der Waals surface area contributed by atoms with Crippen molar-refractivity contribution in [1.82, 2.24) is 0 Å². The molecule has 172 valence electrons. The number of nitrogens with one attached hydrogen (secondary N) is 2. The predicted octanol–water partition coefficient (Wildman–Crippen LogP) is 7.19. The molecule has 4 aromatic carbocycles. The second-order valence-electron chi connectivity index (χ2n) is 8.05. The molecule has 35 heavy (non-hydrogen) atoms. The highest BCUT2D eigenvalue weighted by atomic mass is 35.5. The van der Waals surface area contributed by atoms with Crippen LogP contribution in [0.4, 0.5) is 11.4 Å². The van der Waals surface area contributed by atoms with Gasteiger partial charge in [-0.3, -0.25) is 9.59 Å². The number of hydrogen-bond donors (Lipinski definition) is 2. The molecule has 1 aromatic heterocycles. The first-order valence-electron chi connectivity index (χ1n) is 11.1. The molecule has 6 heteroatoms. The minimum absolute atomic E-state index is 0.0360. The van der Waals surface area contributed by atoms with Gasteiger partial charge in [-0.1, -0.05) is 78.3 Å². The molecule has 2 amide bonds. The third-order valence-electron chi connectivity index (χ3n) is 5.59. The molecule has 0 unspecified atom stereocenters. The number of hydrogen-bond acceptors (Lipinski definition) is 3. The van der Waals surface area contributed by atoms with Gasteiger partial charge in [0.2, 0.25) is 11.7 Å². The highest BCUT2D eigenvalue weighted by Gasteiger charge is 2.22. The number of furan rings is 1. The van der Waals surface area contributed by atoms with Crippen LogP contribution in [0, 0.1) is 0 Å². The van der Waals surface area contributed by atoms with Crippen molar-refractivity contribution in [2.75, 3.05) is 10.6 Å². The Bertz CT molecular complexity index is 1490. The zero-order valence-electron chi connectivity index (χ0n) is 18.6. The Morgan fingerprint density at radius 1 is 0.714 bits per heavy atom. The summed E-state index contributed by atoms with van der Waals surface area (Å²) in [6.45, 7) is 0. The van der Waals surface area contributed by atoms with E-state index in [2.05, 4.69) is 10.6 Å². The van der Waals surface area contributed by atoms with Crippen LogP contribution in [0.15, 0.2) is 108 Å². The van der Waals surface area contributed by atoms with Crippen molar-refractivity contribution >= 4 is 45.8 Å². The van der Waals surface area contributed by atoms with Crippen molar-refractivity contribution in [1.29, 1.82) is 0 Å². The normalized spacial score (nSPS) is 10.8. The van der Waals surface area contributed by atoms with Gasteiger partial charge >= 0.3 is 0 Å². The molecule has 0 aliphatic heterocycles. The lowest BCUT2D eigenvalue weighted by molar-refractivity contribution is -0.115. The molecule has 0 radical (unpaired) electrons. The highest BCUT2D eigenvalue weighted by molar-refractivity contribution is 6.30. The fraction of sp³-hybridized carbons (Fsp3) is 0.0345. The molecule has 5 aromatic rings. The largest absolute Gasteiger partial charge is 0.449 e. The maximum absolute atomic E-state index is 13.0. The number of halogens is 1. The van der Waals surface area contributed by atoms with Gasteiger partial charge in [0, 0.05) is 16.1 Å². The third kappa shape index (κ3) is 5.10. The van der Waals surface area contributed by atoms with Gasteiger partial charge in [-0.2, -0.15) is 0 Å². The van der Waals surface area contributed by atoms with E-state index in [-0.39, 0.29) is 18.1 Å². The van der Waals surface area contributed by atoms with Crippen LogP contribution < -0.4 is 10.6 Å². The average molecular weight is 481 g/mol. The quantitative estimate of drug-likeness (QED) is 0.270. The van der Waals surface area contributed by atoms with Crippen LogP contribution in [0.3, 0.4) is 0 Å². The van der Waals surface area contributed by atoms with Crippen molar-refractivity contribution in [3.05, 3.63) is 119 Å². The van der Waals surface area contributed by atoms with Crippen molar-refractivity contribution in [2.45, 2.75) is 6.42 Å². The monoisotopic (exact) mass is 480 g/mol. The predicted molar refractivity (Wildman–Crippen MR) is 140 cm³/mol. The van der Waals surface area contributed by atoms with E-state index in [1.54, 1.807) is 30.3 Å². The molecule has 0 fully saturated rings. The molecule has 0 saturated heterocycles. The molecule has 5 rings (SSSR count). The molecule has 0 aliphatic rings. The molecule has 0 spiro atoms. The highest BCUT2D eigenvalue weighted by Crippen LogP contribution is 2.32. The number of anilines is 2. The Hall–Kier alpha value is -4.35. The summed E-state index contributed by atoms with van der Waals surface area (Å²) in [6, 6.07) is 31.9. The fourth-order valence-electron chi connectivity index (χ4n) is 3.87. The van der Waals surface area contributed by atoms with Gasteiger partial charge in [0.15, 0.2) is 0 Å². The molecule has 5 nitrogen and oxygen atoms in total. The minimum Gasteiger partial charge on any atom is -0.449 e. The first-order valence-corrected chi connectivity index (χ1v) is 11.5. The average Bonchev–Trinajstić information content (AvgIpc) is 3.25. The number of rotatable bonds is 6. The van der Waals surface area contributed by atoms with Crippen LogP contribution in [0.25, 0.3) is 22.1 Å². The van der Waals surface area contributed by atoms with Gasteiger partial charge in [-0.05, 0) is 53.1 Å². The van der Waals surface area contributed by atoms with Crippen molar-refractivity contribution in [3.63, 3.8) is 0 Å². The van der Waals surface area contributed by atoms with E-state index in [1.807, 2.05) is 72.8 Å². The van der Waals surface area contributed by atoms with E-state index in [0.29, 0.717) is 27.4 Å². The summed E-state index contributed by atoms with van der Waals surface area (Å²) in [5.74, 6) is -0.676. The number of amides is 2. The zero-order chi connectivity index (χ0) is 24.2. The van der Waals surface area contributed by atoms with Crippen molar-refractivity contribution in [2.24, 2.45) is 0 Å². The summed E-state index contributed by atoms with van der Waals surface area (Å²) >= 11 is 5.93. The van der Waals surface area contributed by atoms with Gasteiger partial charge in [0.25, 0.3) is 5.91 Å². The Labute approximate surface area is 207 Å². The van der Waals surface area contributed by atoms with E-state index < -0.39 is 5.91 Å². The topological polar surface area (TPSA) is 71.3 Å². The van der Waals surface area contributed by atoms with Crippen LogP contribution >= 0.6 is 11.6 Å². The number of benzene rings is 4. The van der Waals surface area contributed by atoms with E-state index >= 15 is 0 Å². The zero-order valence-corrected chi connectivity index (χ0v) is 19.4. The van der Waals surface area contributed by atoms with Gasteiger partial charge < -0.3 is 15.1 Å². The smallest absolute Gasteiger partial charge is 0.293 e. The summed E-state index contributed by atoms with van der Waals surface area (Å²) in [5.41, 5.74) is 4.48. The Balaban J connectivity index is 1.36. The minimum atomic E-state index is -0.467. The second kappa shape index (κ2) is 9.87. The molecule has 0 saturated carbocycles. The molecule has 0 atom stereocenters. The number of carbonyl (C=O) groups is 2. The van der Waals surface area contributed by atoms with E-state index in [0.717, 1.165) is 16.7 Å². The second-order valence-corrected chi connectivity index (χ2v) is 8.49. The lowest BCUT2D eigenvalue weighted by Crippen LogP contribution is -2.18. The Kier molecular flexibility index (Phi) is 6.33. The first kappa shape index (κ1) is 22.4. The number of para-hydroxylation sites is 1. The maximum Gasteiger partial charge on any atom is 0.293 e. The fourth-order valence-corrected chi connectivity index (χ4v) is 3.99. The summed E-state index contributed by atoms with van der Waals surface area (Å²) in [7, 11) is 0. The van der Waals surface area contributed by atoms with Crippen LogP contribution in [0.5, 0.6) is 0 Å². The van der Waals surface area contributed by atoms with Crippen LogP contribution in [-0.4, -0.2) is 11.8 Å². The van der Waals surface area contributed by atoms with Gasteiger partial charge in [0.05, 0.1) is 6.42 Å². The maximum atomic E-state index is 13.0. The first-order chi connectivity index (χ1) is 17.1. The molecule has 0 bridgehead atoms. The van der Waals surface area contributed by atoms with Gasteiger partial charge in [0.1, 0.15) is 11.3 Å². The summed E-state index contributed by atoms with van der Waals surface area (Å²) < 4.78 is 5.82. The third-order valence-corrected chi connectivity index (χ3v) is 5.85. The van der Waals surface area contributed by atoms with Crippen molar-refractivity contribution < 1.29 is 14.0 Å². The molecular weight excluding hydrogens is 460 g/mol. The van der Waals surface area contributed by atoms with Crippen LogP contribution in [0.2, 0.25) is 5.02 Å². The lowest BCUT2D eigenvalue weighted by atomic mass is 10.0. The van der Waals surface area contributed by atoms with E-state index in [4.69, 9.17) is 16.0 Å². The summed E-state index contributed by atoms with van der Waals surface area (Å²) in [4.78, 5) is 26.0. The van der Waals surface area contributed by atoms with Gasteiger partial charge in [-0.15, -0.1) is 0 Å². The number of fused-ring (bicyclic) bond motifs is 1. The summed E-state index contributed by atoms with van der Waals surface area (Å²) in [6.07, 6.45) is 0.160. The SMILES string of the molecule is O=C(Cc1ccc(-c2ccccc2)cc1)Nc1c(C(=O)Nc2ccc(Cl)cc2)oc2ccccc12. The van der Waals surface area contributed by atoms with E-state index in [1.165, 1.54) is 0 Å². The summed E-state index contributed by atoms with van der Waals surface area (Å²) in [5, 5.41) is 6.90. The van der Waals surface area contributed by atoms with E-state index in [9.17, 15) is 9.59 Å². The molecule has 0 aliphatic carbocycles.